The number of amides is 1. The predicted molar refractivity (Wildman–Crippen MR) is 119 cm³/mol. The number of hydrogen-bond donors (Lipinski definition) is 1. The van der Waals surface area contributed by atoms with Crippen molar-refractivity contribution in [2.45, 2.75) is 32.7 Å². The Bertz CT molecular complexity index is 1150. The molecule has 1 atom stereocenters. The second-order valence-electron chi connectivity index (χ2n) is 7.92. The molecule has 1 saturated heterocycles. The maximum Gasteiger partial charge on any atom is 0.287 e. The van der Waals surface area contributed by atoms with E-state index in [1.807, 2.05) is 44.2 Å². The first kappa shape index (κ1) is 20.6. The highest BCUT2D eigenvalue weighted by Gasteiger charge is 2.26. The lowest BCUT2D eigenvalue weighted by Crippen LogP contribution is -2.37. The number of benzene rings is 2. The summed E-state index contributed by atoms with van der Waals surface area (Å²) in [7, 11) is 0. The van der Waals surface area contributed by atoms with Crippen LogP contribution in [0, 0.1) is 13.8 Å². The van der Waals surface area contributed by atoms with Gasteiger partial charge in [-0.05, 0) is 68.6 Å². The van der Waals surface area contributed by atoms with Gasteiger partial charge in [-0.3, -0.25) is 14.5 Å². The highest BCUT2D eigenvalue weighted by molar-refractivity contribution is 6.31. The Kier molecular flexibility index (Phi) is 5.93. The van der Waals surface area contributed by atoms with E-state index in [0.717, 1.165) is 42.6 Å². The molecule has 0 saturated carbocycles. The van der Waals surface area contributed by atoms with E-state index in [4.69, 9.17) is 16.0 Å². The number of nitrogens with one attached hydrogen (secondary N) is 1. The number of hydrogen-bond acceptors (Lipinski definition) is 4. The topological polar surface area (TPSA) is 62.6 Å². The average molecular weight is 425 g/mol. The summed E-state index contributed by atoms with van der Waals surface area (Å²) in [6.45, 7) is 6.13. The first-order chi connectivity index (χ1) is 14.4. The lowest BCUT2D eigenvalue weighted by Gasteiger charge is -2.28. The lowest BCUT2D eigenvalue weighted by atomic mass is 10.1. The van der Waals surface area contributed by atoms with Gasteiger partial charge in [0.15, 0.2) is 11.2 Å². The molecule has 1 amide bonds. The Balaban J connectivity index is 1.59. The second-order valence-corrected chi connectivity index (χ2v) is 8.33. The summed E-state index contributed by atoms with van der Waals surface area (Å²) in [5.74, 6) is -0.371. The summed E-state index contributed by atoms with van der Waals surface area (Å²) in [6, 6.07) is 12.7. The Morgan fingerprint density at radius 1 is 1.17 bits per heavy atom. The van der Waals surface area contributed by atoms with Crippen molar-refractivity contribution in [2.24, 2.45) is 0 Å². The largest absolute Gasteiger partial charge is 0.450 e. The van der Waals surface area contributed by atoms with E-state index >= 15 is 0 Å². The maximum atomic E-state index is 12.9. The Labute approximate surface area is 180 Å². The van der Waals surface area contributed by atoms with Gasteiger partial charge < -0.3 is 9.73 Å². The Hall–Kier alpha value is -2.63. The van der Waals surface area contributed by atoms with Crippen molar-refractivity contribution in [1.29, 1.82) is 0 Å². The van der Waals surface area contributed by atoms with Gasteiger partial charge in [0.1, 0.15) is 5.58 Å². The summed E-state index contributed by atoms with van der Waals surface area (Å²) in [6.07, 6.45) is 2.26. The lowest BCUT2D eigenvalue weighted by molar-refractivity contribution is 0.0910. The molecular weight excluding hydrogens is 400 g/mol. The van der Waals surface area contributed by atoms with Gasteiger partial charge in [0, 0.05) is 17.6 Å². The van der Waals surface area contributed by atoms with E-state index in [1.165, 1.54) is 6.07 Å². The number of aryl methyl sites for hydroxylation is 2. The van der Waals surface area contributed by atoms with Crippen LogP contribution in [0.15, 0.2) is 51.7 Å². The molecule has 1 aliphatic heterocycles. The number of carbonyl (C=O) groups excluding carboxylic acids is 1. The molecule has 0 radical (unpaired) electrons. The van der Waals surface area contributed by atoms with Crippen molar-refractivity contribution < 1.29 is 9.21 Å². The van der Waals surface area contributed by atoms with Gasteiger partial charge in [0.2, 0.25) is 0 Å². The number of nitrogens with zero attached hydrogens (tertiary/aromatic N) is 1. The third-order valence-corrected chi connectivity index (χ3v) is 6.03. The van der Waals surface area contributed by atoms with Crippen molar-refractivity contribution in [3.05, 3.63) is 80.2 Å². The van der Waals surface area contributed by atoms with Crippen molar-refractivity contribution in [3.63, 3.8) is 0 Å². The van der Waals surface area contributed by atoms with E-state index in [2.05, 4.69) is 10.2 Å². The fourth-order valence-corrected chi connectivity index (χ4v) is 4.49. The predicted octanol–water partition coefficient (Wildman–Crippen LogP) is 4.63. The highest BCUT2D eigenvalue weighted by atomic mass is 35.5. The first-order valence-electron chi connectivity index (χ1n) is 10.3. The second kappa shape index (κ2) is 8.62. The van der Waals surface area contributed by atoms with Gasteiger partial charge in [0.25, 0.3) is 5.91 Å². The van der Waals surface area contributed by atoms with Gasteiger partial charge in [-0.1, -0.05) is 35.9 Å². The molecule has 0 aliphatic carbocycles. The first-order valence-corrected chi connectivity index (χ1v) is 10.6. The minimum atomic E-state index is -0.398. The van der Waals surface area contributed by atoms with Gasteiger partial charge >= 0.3 is 0 Å². The minimum absolute atomic E-state index is 0.0262. The molecule has 6 heteroatoms. The molecule has 156 valence electrons. The van der Waals surface area contributed by atoms with Crippen molar-refractivity contribution in [1.82, 2.24) is 10.2 Å². The van der Waals surface area contributed by atoms with Crippen LogP contribution in [-0.2, 0) is 0 Å². The summed E-state index contributed by atoms with van der Waals surface area (Å²) in [4.78, 5) is 27.8. The van der Waals surface area contributed by atoms with Crippen LogP contribution in [0.5, 0.6) is 0 Å². The van der Waals surface area contributed by atoms with Crippen molar-refractivity contribution in [2.75, 3.05) is 19.6 Å². The van der Waals surface area contributed by atoms with Crippen molar-refractivity contribution >= 4 is 28.5 Å². The number of carbonyl (C=O) groups is 1. The molecule has 4 rings (SSSR count). The molecule has 2 heterocycles. The van der Waals surface area contributed by atoms with E-state index in [9.17, 15) is 9.59 Å². The van der Waals surface area contributed by atoms with Gasteiger partial charge in [0.05, 0.1) is 11.4 Å². The quantitative estimate of drug-likeness (QED) is 0.648. The zero-order valence-electron chi connectivity index (χ0n) is 17.2. The van der Waals surface area contributed by atoms with Crippen LogP contribution in [-0.4, -0.2) is 30.4 Å². The third kappa shape index (κ3) is 4.13. The summed E-state index contributed by atoms with van der Waals surface area (Å²) in [5, 5.41) is 4.13. The number of fused-ring (bicyclic) bond motifs is 1. The summed E-state index contributed by atoms with van der Waals surface area (Å²) >= 11 is 6.45. The number of rotatable bonds is 5. The molecule has 1 aromatic heterocycles. The molecule has 30 heavy (non-hydrogen) atoms. The van der Waals surface area contributed by atoms with Crippen LogP contribution >= 0.6 is 11.6 Å². The fourth-order valence-electron chi connectivity index (χ4n) is 4.23. The summed E-state index contributed by atoms with van der Waals surface area (Å²) in [5.41, 5.74) is 3.06. The zero-order chi connectivity index (χ0) is 21.3. The normalized spacial score (nSPS) is 15.4. The maximum absolute atomic E-state index is 12.9. The average Bonchev–Trinajstić information content (AvgIpc) is 3.24. The van der Waals surface area contributed by atoms with E-state index in [0.29, 0.717) is 22.5 Å². The highest BCUT2D eigenvalue weighted by Crippen LogP contribution is 2.30. The zero-order valence-corrected chi connectivity index (χ0v) is 18.0. The molecule has 5 nitrogen and oxygen atoms in total. The molecule has 1 aliphatic rings. The van der Waals surface area contributed by atoms with E-state index in [1.54, 1.807) is 6.07 Å². The number of halogens is 1. The third-order valence-electron chi connectivity index (χ3n) is 5.68. The molecule has 1 N–H and O–H groups in total. The minimum Gasteiger partial charge on any atom is -0.450 e. The van der Waals surface area contributed by atoms with Gasteiger partial charge in [-0.2, -0.15) is 0 Å². The molecule has 3 aromatic rings. The molecular formula is C24H25ClN2O3. The van der Waals surface area contributed by atoms with Crippen LogP contribution in [0.4, 0.5) is 0 Å². The van der Waals surface area contributed by atoms with E-state index in [-0.39, 0.29) is 17.2 Å². The van der Waals surface area contributed by atoms with Crippen LogP contribution in [0.25, 0.3) is 11.0 Å². The smallest absolute Gasteiger partial charge is 0.287 e. The Morgan fingerprint density at radius 2 is 1.90 bits per heavy atom. The molecule has 0 unspecified atom stereocenters. The molecule has 0 bridgehead atoms. The standard InChI is InChI=1S/C24H25ClN2O3/c1-15-11-16(2)23-18(12-15)21(28)13-22(30-23)24(29)26-14-20(27-9-5-6-10-27)17-7-3-4-8-19(17)25/h3-4,7-8,11-13,20H,5-6,9-10,14H2,1-2H3,(H,26,29)/t20-/m1/s1. The van der Waals surface area contributed by atoms with Crippen LogP contribution in [0.2, 0.25) is 5.02 Å². The van der Waals surface area contributed by atoms with Crippen molar-refractivity contribution in [3.8, 4) is 0 Å². The van der Waals surface area contributed by atoms with Gasteiger partial charge in [-0.25, -0.2) is 0 Å². The summed E-state index contributed by atoms with van der Waals surface area (Å²) < 4.78 is 5.83. The molecule has 0 spiro atoms. The van der Waals surface area contributed by atoms with E-state index < -0.39 is 5.91 Å². The van der Waals surface area contributed by atoms with Crippen LogP contribution < -0.4 is 10.7 Å². The SMILES string of the molecule is Cc1cc(C)c2oc(C(=O)NC[C@H](c3ccccc3Cl)N3CCCC3)cc(=O)c2c1. The van der Waals surface area contributed by atoms with Crippen LogP contribution in [0.3, 0.4) is 0 Å². The molecule has 1 fully saturated rings. The number of likely N-dealkylation sites (tertiary alicyclic amines) is 1. The van der Waals surface area contributed by atoms with Crippen LogP contribution in [0.1, 0.15) is 46.1 Å². The monoisotopic (exact) mass is 424 g/mol. The Morgan fingerprint density at radius 3 is 2.63 bits per heavy atom. The van der Waals surface area contributed by atoms with Gasteiger partial charge in [-0.15, -0.1) is 0 Å². The fraction of sp³-hybridized carbons (Fsp3) is 0.333. The molecule has 2 aromatic carbocycles.